The lowest BCUT2D eigenvalue weighted by Gasteiger charge is -2.38. The molecule has 0 saturated carbocycles. The highest BCUT2D eigenvalue weighted by atomic mass is 16.5. The minimum absolute atomic E-state index is 0.277. The summed E-state index contributed by atoms with van der Waals surface area (Å²) >= 11 is 0. The average Bonchev–Trinajstić information content (AvgIpc) is 2.62. The number of rotatable bonds is 6. The molecule has 136 valence electrons. The van der Waals surface area contributed by atoms with Crippen molar-refractivity contribution in [2.24, 2.45) is 0 Å². The number of benzene rings is 1. The van der Waals surface area contributed by atoms with Crippen molar-refractivity contribution in [3.8, 4) is 0 Å². The van der Waals surface area contributed by atoms with Crippen LogP contribution in [-0.2, 0) is 9.53 Å². The Morgan fingerprint density at radius 3 is 2.40 bits per heavy atom. The number of carboxylic acid groups (broad SMARTS) is 1. The van der Waals surface area contributed by atoms with E-state index in [0.29, 0.717) is 0 Å². The predicted molar refractivity (Wildman–Crippen MR) is 83.4 cm³/mol. The molecule has 25 heavy (non-hydrogen) atoms. The average molecular weight is 353 g/mol. The number of hydrogen-bond acceptors (Lipinski definition) is 7. The Kier molecular flexibility index (Phi) is 6.10. The van der Waals surface area contributed by atoms with E-state index >= 15 is 0 Å². The summed E-state index contributed by atoms with van der Waals surface area (Å²) < 4.78 is 5.12. The second-order valence-electron chi connectivity index (χ2n) is 5.51. The molecular formula is C16H19NO8. The number of amides is 1. The van der Waals surface area contributed by atoms with Gasteiger partial charge in [0.25, 0.3) is 5.91 Å². The van der Waals surface area contributed by atoms with Gasteiger partial charge in [-0.1, -0.05) is 18.2 Å². The Morgan fingerprint density at radius 2 is 1.84 bits per heavy atom. The van der Waals surface area contributed by atoms with E-state index in [9.17, 15) is 24.9 Å². The van der Waals surface area contributed by atoms with Gasteiger partial charge in [-0.05, 0) is 18.2 Å². The summed E-state index contributed by atoms with van der Waals surface area (Å²) in [6.07, 6.45) is -5.49. The van der Waals surface area contributed by atoms with Crippen molar-refractivity contribution >= 4 is 11.9 Å². The zero-order valence-corrected chi connectivity index (χ0v) is 13.0. The van der Waals surface area contributed by atoms with Crippen LogP contribution in [0.2, 0.25) is 0 Å². The van der Waals surface area contributed by atoms with Gasteiger partial charge in [0.15, 0.2) is 6.10 Å². The molecule has 0 fully saturated rings. The third-order valence-electron chi connectivity index (χ3n) is 3.77. The second kappa shape index (κ2) is 8.08. The van der Waals surface area contributed by atoms with Crippen LogP contribution in [-0.4, -0.2) is 74.5 Å². The molecule has 1 aromatic carbocycles. The highest BCUT2D eigenvalue weighted by molar-refractivity contribution is 5.94. The summed E-state index contributed by atoms with van der Waals surface area (Å²) in [5.41, 5.74) is 0.277. The van der Waals surface area contributed by atoms with Crippen LogP contribution >= 0.6 is 0 Å². The monoisotopic (exact) mass is 353 g/mol. The normalized spacial score (nSPS) is 25.3. The van der Waals surface area contributed by atoms with Gasteiger partial charge in [0.1, 0.15) is 18.3 Å². The first-order valence-corrected chi connectivity index (χ1v) is 7.48. The van der Waals surface area contributed by atoms with E-state index in [1.165, 1.54) is 12.1 Å². The summed E-state index contributed by atoms with van der Waals surface area (Å²) in [5, 5.41) is 50.3. The van der Waals surface area contributed by atoms with Gasteiger partial charge in [-0.3, -0.25) is 4.79 Å². The van der Waals surface area contributed by atoms with Gasteiger partial charge in [-0.2, -0.15) is 0 Å². The lowest BCUT2D eigenvalue weighted by atomic mass is 9.93. The summed E-state index contributed by atoms with van der Waals surface area (Å²) in [6, 6.07) is 6.78. The molecule has 9 heteroatoms. The second-order valence-corrected chi connectivity index (χ2v) is 5.51. The van der Waals surface area contributed by atoms with Gasteiger partial charge in [-0.15, -0.1) is 0 Å². The molecule has 9 nitrogen and oxygen atoms in total. The molecule has 0 spiro atoms. The fourth-order valence-corrected chi connectivity index (χ4v) is 2.43. The van der Waals surface area contributed by atoms with E-state index in [0.717, 1.165) is 6.08 Å². The fourth-order valence-electron chi connectivity index (χ4n) is 2.43. The highest BCUT2D eigenvalue weighted by Gasteiger charge is 2.43. The van der Waals surface area contributed by atoms with Gasteiger partial charge in [-0.25, -0.2) is 4.79 Å². The lowest BCUT2D eigenvalue weighted by Crippen LogP contribution is -2.60. The van der Waals surface area contributed by atoms with E-state index in [4.69, 9.17) is 14.9 Å². The molecule has 2 rings (SSSR count). The number of carbonyl (C=O) groups is 2. The molecule has 6 N–H and O–H groups in total. The van der Waals surface area contributed by atoms with Crippen LogP contribution in [0.1, 0.15) is 10.4 Å². The molecule has 0 saturated heterocycles. The van der Waals surface area contributed by atoms with Crippen molar-refractivity contribution in [2.45, 2.75) is 30.5 Å². The Labute approximate surface area is 142 Å². The Morgan fingerprint density at radius 1 is 1.20 bits per heavy atom. The zero-order valence-electron chi connectivity index (χ0n) is 13.0. The van der Waals surface area contributed by atoms with Crippen LogP contribution in [0.4, 0.5) is 0 Å². The molecule has 1 aliphatic heterocycles. The number of hydrogen-bond donors (Lipinski definition) is 6. The van der Waals surface area contributed by atoms with Crippen molar-refractivity contribution in [3.63, 3.8) is 0 Å². The van der Waals surface area contributed by atoms with Gasteiger partial charge >= 0.3 is 5.97 Å². The van der Waals surface area contributed by atoms with Crippen LogP contribution in [0, 0.1) is 0 Å². The van der Waals surface area contributed by atoms with Crippen LogP contribution in [0.15, 0.2) is 42.2 Å². The summed E-state index contributed by atoms with van der Waals surface area (Å²) in [6.45, 7) is -0.817. The minimum Gasteiger partial charge on any atom is -0.478 e. The third-order valence-corrected chi connectivity index (χ3v) is 3.77. The molecule has 5 atom stereocenters. The first kappa shape index (κ1) is 18.9. The maximum absolute atomic E-state index is 12.3. The van der Waals surface area contributed by atoms with Crippen molar-refractivity contribution in [1.82, 2.24) is 5.32 Å². The number of ether oxygens (including phenoxy) is 1. The maximum Gasteiger partial charge on any atom is 0.370 e. The van der Waals surface area contributed by atoms with E-state index in [1.54, 1.807) is 18.2 Å². The highest BCUT2D eigenvalue weighted by Crippen LogP contribution is 2.23. The number of nitrogens with one attached hydrogen (secondary N) is 1. The maximum atomic E-state index is 12.3. The van der Waals surface area contributed by atoms with Crippen molar-refractivity contribution in [1.29, 1.82) is 0 Å². The van der Waals surface area contributed by atoms with Crippen LogP contribution in [0.3, 0.4) is 0 Å². The van der Waals surface area contributed by atoms with Crippen LogP contribution < -0.4 is 5.32 Å². The van der Waals surface area contributed by atoms with Crippen LogP contribution in [0.25, 0.3) is 0 Å². The quantitative estimate of drug-likeness (QED) is 0.351. The van der Waals surface area contributed by atoms with Crippen molar-refractivity contribution in [3.05, 3.63) is 47.7 Å². The molecular weight excluding hydrogens is 334 g/mol. The van der Waals surface area contributed by atoms with Gasteiger partial charge in [0.05, 0.1) is 12.6 Å². The Bertz CT molecular complexity index is 647. The molecule has 4 unspecified atom stereocenters. The van der Waals surface area contributed by atoms with Crippen molar-refractivity contribution in [2.75, 3.05) is 6.61 Å². The SMILES string of the molecule is O=C(O)C1=CC(O)[C@@H](NC(=O)c2ccccc2)C(C(O)C(O)CO)O1. The Balaban J connectivity index is 2.27. The smallest absolute Gasteiger partial charge is 0.370 e. The molecule has 0 radical (unpaired) electrons. The number of aliphatic carboxylic acids is 1. The Hall–Kier alpha value is -2.46. The molecule has 1 amide bonds. The summed E-state index contributed by atoms with van der Waals surface area (Å²) in [4.78, 5) is 23.3. The van der Waals surface area contributed by atoms with Gasteiger partial charge < -0.3 is 35.6 Å². The van der Waals surface area contributed by atoms with Gasteiger partial charge in [0.2, 0.25) is 5.76 Å². The lowest BCUT2D eigenvalue weighted by molar-refractivity contribution is -0.147. The first-order chi connectivity index (χ1) is 11.8. The van der Waals surface area contributed by atoms with E-state index in [-0.39, 0.29) is 5.56 Å². The number of aliphatic hydroxyl groups excluding tert-OH is 4. The standard InChI is InChI=1S/C16H19NO8/c18-7-10(20)13(21)14-12(9(19)6-11(25-14)16(23)24)17-15(22)8-4-2-1-3-5-8/h1-6,9-10,12-14,18-21H,7H2,(H,17,22)(H,23,24)/t9?,10?,12-,13?,14?/m1/s1. The topological polar surface area (TPSA) is 157 Å². The largest absolute Gasteiger partial charge is 0.478 e. The third kappa shape index (κ3) is 4.34. The number of carbonyl (C=O) groups excluding carboxylic acids is 1. The molecule has 0 bridgehead atoms. The number of carboxylic acids is 1. The summed E-state index contributed by atoms with van der Waals surface area (Å²) in [5.74, 6) is -2.70. The number of aliphatic hydroxyl groups is 4. The fraction of sp³-hybridized carbons (Fsp3) is 0.375. The minimum atomic E-state index is -1.75. The molecule has 1 aliphatic rings. The molecule has 0 aromatic heterocycles. The van der Waals surface area contributed by atoms with E-state index in [1.807, 2.05) is 0 Å². The van der Waals surface area contributed by atoms with E-state index in [2.05, 4.69) is 5.32 Å². The summed E-state index contributed by atoms with van der Waals surface area (Å²) in [7, 11) is 0. The van der Waals surface area contributed by atoms with E-state index < -0.39 is 54.7 Å². The van der Waals surface area contributed by atoms with Gasteiger partial charge in [0, 0.05) is 5.56 Å². The first-order valence-electron chi connectivity index (χ1n) is 7.48. The van der Waals surface area contributed by atoms with Crippen LogP contribution in [0.5, 0.6) is 0 Å². The molecule has 1 aromatic rings. The molecule has 1 heterocycles. The van der Waals surface area contributed by atoms with Crippen molar-refractivity contribution < 1.29 is 39.9 Å². The predicted octanol–water partition coefficient (Wildman–Crippen LogP) is -1.77. The zero-order chi connectivity index (χ0) is 18.6. The molecule has 0 aliphatic carbocycles.